The second-order valence-electron chi connectivity index (χ2n) is 7.03. The molecule has 1 aliphatic heterocycles. The standard InChI is InChI=1S/C17H27N5O4/c1-11(2)9-13(14(23)15(24)20-26)16(25)22-8-7-21(10-12(22)3)17-18-5-4-6-19-17/h4-6,11-14,23,26H,7-10H2,1-3H3,(H,20,24)/t12-,13+,14?/m1/s1. The number of aliphatic hydroxyl groups is 1. The lowest BCUT2D eigenvalue weighted by Gasteiger charge is -2.41. The summed E-state index contributed by atoms with van der Waals surface area (Å²) >= 11 is 0. The normalized spacial score (nSPS) is 20.0. The fourth-order valence-corrected chi connectivity index (χ4v) is 3.26. The Labute approximate surface area is 153 Å². The predicted molar refractivity (Wildman–Crippen MR) is 94.3 cm³/mol. The molecule has 0 saturated carbocycles. The minimum atomic E-state index is -1.59. The summed E-state index contributed by atoms with van der Waals surface area (Å²) in [5.41, 5.74) is 1.43. The second kappa shape index (κ2) is 8.91. The van der Waals surface area contributed by atoms with Crippen molar-refractivity contribution in [1.82, 2.24) is 20.3 Å². The quantitative estimate of drug-likeness (QED) is 0.481. The molecular weight excluding hydrogens is 338 g/mol. The molecule has 2 rings (SSSR count). The summed E-state index contributed by atoms with van der Waals surface area (Å²) in [5, 5.41) is 19.0. The van der Waals surface area contributed by atoms with Crippen LogP contribution in [0.2, 0.25) is 0 Å². The third-order valence-corrected chi connectivity index (χ3v) is 4.55. The number of nitrogens with zero attached hydrogens (tertiary/aromatic N) is 4. The van der Waals surface area contributed by atoms with E-state index < -0.39 is 17.9 Å². The number of piperazine rings is 1. The van der Waals surface area contributed by atoms with Crippen molar-refractivity contribution in [2.75, 3.05) is 24.5 Å². The van der Waals surface area contributed by atoms with Gasteiger partial charge in [0, 0.05) is 38.1 Å². The van der Waals surface area contributed by atoms with Gasteiger partial charge in [-0.05, 0) is 25.3 Å². The third kappa shape index (κ3) is 4.67. The highest BCUT2D eigenvalue weighted by molar-refractivity contribution is 5.89. The molecule has 1 fully saturated rings. The minimum Gasteiger partial charge on any atom is -0.382 e. The Kier molecular flexibility index (Phi) is 6.87. The number of hydrogen-bond donors (Lipinski definition) is 3. The summed E-state index contributed by atoms with van der Waals surface area (Å²) in [5.74, 6) is -1.42. The first-order chi connectivity index (χ1) is 12.3. The molecule has 1 saturated heterocycles. The van der Waals surface area contributed by atoms with E-state index in [0.717, 1.165) is 0 Å². The Morgan fingerprint density at radius 2 is 1.96 bits per heavy atom. The Bertz CT molecular complexity index is 612. The van der Waals surface area contributed by atoms with Crippen LogP contribution in [-0.4, -0.2) is 68.8 Å². The molecule has 0 radical (unpaired) electrons. The van der Waals surface area contributed by atoms with Crippen molar-refractivity contribution in [3.05, 3.63) is 18.5 Å². The number of hydrogen-bond acceptors (Lipinski definition) is 7. The van der Waals surface area contributed by atoms with E-state index in [1.54, 1.807) is 23.4 Å². The first-order valence-electron chi connectivity index (χ1n) is 8.79. The van der Waals surface area contributed by atoms with Gasteiger partial charge < -0.3 is 14.9 Å². The van der Waals surface area contributed by atoms with Crippen LogP contribution < -0.4 is 10.4 Å². The monoisotopic (exact) mass is 365 g/mol. The van der Waals surface area contributed by atoms with Gasteiger partial charge in [0.25, 0.3) is 5.91 Å². The summed E-state index contributed by atoms with van der Waals surface area (Å²) in [6, 6.07) is 1.62. The summed E-state index contributed by atoms with van der Waals surface area (Å²) in [6.07, 6.45) is 2.11. The Hall–Kier alpha value is -2.26. The number of rotatable bonds is 6. The molecule has 2 heterocycles. The zero-order chi connectivity index (χ0) is 19.3. The van der Waals surface area contributed by atoms with Crippen LogP contribution in [0.3, 0.4) is 0 Å². The molecule has 1 aromatic rings. The lowest BCUT2D eigenvalue weighted by atomic mass is 9.89. The SMILES string of the molecule is CC(C)C[C@H](C(=O)N1CCN(c2ncccn2)C[C@H]1C)C(O)C(=O)NO. The zero-order valence-corrected chi connectivity index (χ0v) is 15.4. The van der Waals surface area contributed by atoms with Gasteiger partial charge in [-0.25, -0.2) is 15.4 Å². The zero-order valence-electron chi connectivity index (χ0n) is 15.4. The van der Waals surface area contributed by atoms with Crippen molar-refractivity contribution < 1.29 is 19.9 Å². The van der Waals surface area contributed by atoms with E-state index in [1.807, 2.05) is 25.7 Å². The molecule has 3 N–H and O–H groups in total. The molecule has 2 amide bonds. The Balaban J connectivity index is 2.10. The average Bonchev–Trinajstić information content (AvgIpc) is 2.64. The van der Waals surface area contributed by atoms with Crippen LogP contribution in [0.15, 0.2) is 18.5 Å². The van der Waals surface area contributed by atoms with Crippen LogP contribution in [0, 0.1) is 11.8 Å². The number of nitrogens with one attached hydrogen (secondary N) is 1. The summed E-state index contributed by atoms with van der Waals surface area (Å²) in [4.78, 5) is 36.8. The molecule has 3 atom stereocenters. The molecule has 26 heavy (non-hydrogen) atoms. The van der Waals surface area contributed by atoms with Crippen molar-refractivity contribution in [2.24, 2.45) is 11.8 Å². The molecule has 0 spiro atoms. The predicted octanol–water partition coefficient (Wildman–Crippen LogP) is 0.0423. The van der Waals surface area contributed by atoms with Crippen molar-refractivity contribution in [2.45, 2.75) is 39.3 Å². The van der Waals surface area contributed by atoms with E-state index in [1.165, 1.54) is 5.48 Å². The molecule has 9 nitrogen and oxygen atoms in total. The van der Waals surface area contributed by atoms with E-state index in [0.29, 0.717) is 32.0 Å². The van der Waals surface area contributed by atoms with Crippen LogP contribution in [0.1, 0.15) is 27.2 Å². The molecule has 0 aromatic carbocycles. The fourth-order valence-electron chi connectivity index (χ4n) is 3.26. The highest BCUT2D eigenvalue weighted by Gasteiger charge is 2.38. The first kappa shape index (κ1) is 20.1. The van der Waals surface area contributed by atoms with E-state index in [9.17, 15) is 14.7 Å². The highest BCUT2D eigenvalue weighted by Crippen LogP contribution is 2.23. The summed E-state index contributed by atoms with van der Waals surface area (Å²) in [6.45, 7) is 7.32. The summed E-state index contributed by atoms with van der Waals surface area (Å²) in [7, 11) is 0. The molecular formula is C17H27N5O4. The molecule has 1 aromatic heterocycles. The van der Waals surface area contributed by atoms with Crippen LogP contribution in [0.25, 0.3) is 0 Å². The maximum atomic E-state index is 13.0. The van der Waals surface area contributed by atoms with Gasteiger partial charge in [-0.2, -0.15) is 0 Å². The lowest BCUT2D eigenvalue weighted by molar-refractivity contribution is -0.152. The molecule has 0 aliphatic carbocycles. The van der Waals surface area contributed by atoms with Gasteiger partial charge in [0.15, 0.2) is 0 Å². The number of anilines is 1. The van der Waals surface area contributed by atoms with E-state index in [2.05, 4.69) is 9.97 Å². The van der Waals surface area contributed by atoms with Gasteiger partial charge >= 0.3 is 0 Å². The van der Waals surface area contributed by atoms with Gasteiger partial charge in [0.05, 0.1) is 5.92 Å². The number of aliphatic hydroxyl groups excluding tert-OH is 1. The van der Waals surface area contributed by atoms with Crippen molar-refractivity contribution in [1.29, 1.82) is 0 Å². The highest BCUT2D eigenvalue weighted by atomic mass is 16.5. The van der Waals surface area contributed by atoms with Crippen LogP contribution in [0.5, 0.6) is 0 Å². The molecule has 144 valence electrons. The van der Waals surface area contributed by atoms with Gasteiger partial charge in [-0.1, -0.05) is 13.8 Å². The first-order valence-corrected chi connectivity index (χ1v) is 8.79. The largest absolute Gasteiger partial charge is 0.382 e. The average molecular weight is 365 g/mol. The molecule has 0 bridgehead atoms. The van der Waals surface area contributed by atoms with Crippen LogP contribution in [0.4, 0.5) is 5.95 Å². The van der Waals surface area contributed by atoms with E-state index in [-0.39, 0.29) is 17.9 Å². The van der Waals surface area contributed by atoms with E-state index >= 15 is 0 Å². The number of amides is 2. The Morgan fingerprint density at radius 3 is 2.50 bits per heavy atom. The number of carbonyl (C=O) groups excluding carboxylic acids is 2. The molecule has 1 aliphatic rings. The van der Waals surface area contributed by atoms with Crippen molar-refractivity contribution in [3.63, 3.8) is 0 Å². The van der Waals surface area contributed by atoms with Crippen LogP contribution in [-0.2, 0) is 9.59 Å². The number of carbonyl (C=O) groups is 2. The van der Waals surface area contributed by atoms with Gasteiger partial charge in [-0.15, -0.1) is 0 Å². The molecule has 1 unspecified atom stereocenters. The third-order valence-electron chi connectivity index (χ3n) is 4.55. The van der Waals surface area contributed by atoms with Gasteiger partial charge in [-0.3, -0.25) is 14.8 Å². The second-order valence-corrected chi connectivity index (χ2v) is 7.03. The Morgan fingerprint density at radius 1 is 1.31 bits per heavy atom. The smallest absolute Gasteiger partial charge is 0.272 e. The van der Waals surface area contributed by atoms with Gasteiger partial charge in [0.2, 0.25) is 11.9 Å². The maximum absolute atomic E-state index is 13.0. The number of hydroxylamine groups is 1. The van der Waals surface area contributed by atoms with Gasteiger partial charge in [0.1, 0.15) is 6.10 Å². The maximum Gasteiger partial charge on any atom is 0.272 e. The minimum absolute atomic E-state index is 0.111. The topological polar surface area (TPSA) is 119 Å². The van der Waals surface area contributed by atoms with Crippen LogP contribution >= 0.6 is 0 Å². The van der Waals surface area contributed by atoms with Crippen molar-refractivity contribution >= 4 is 17.8 Å². The van der Waals surface area contributed by atoms with E-state index in [4.69, 9.17) is 5.21 Å². The lowest BCUT2D eigenvalue weighted by Crippen LogP contribution is -2.57. The summed E-state index contributed by atoms with van der Waals surface area (Å²) < 4.78 is 0. The fraction of sp³-hybridized carbons (Fsp3) is 0.647. The molecule has 9 heteroatoms. The van der Waals surface area contributed by atoms with Crippen molar-refractivity contribution in [3.8, 4) is 0 Å². The number of aromatic nitrogens is 2.